The standard InChI is InChI=1S/C16H21N3O3/c1-17-14(20)12-6-4-8-18-13(12)19-9-11-5-3-7-16(11,10-19)15(21)22-2/h4,6,8,11H,3,5,7,9-10H2,1-2H3,(H,17,20). The highest BCUT2D eigenvalue weighted by Crippen LogP contribution is 2.50. The number of methoxy groups -OCH3 is 1. The first-order valence-electron chi connectivity index (χ1n) is 7.63. The quantitative estimate of drug-likeness (QED) is 0.850. The predicted molar refractivity (Wildman–Crippen MR) is 81.6 cm³/mol. The van der Waals surface area contributed by atoms with Crippen LogP contribution in [0.15, 0.2) is 18.3 Å². The number of nitrogens with one attached hydrogen (secondary N) is 1. The molecule has 1 saturated carbocycles. The van der Waals surface area contributed by atoms with E-state index in [9.17, 15) is 9.59 Å². The van der Waals surface area contributed by atoms with Crippen molar-refractivity contribution in [1.29, 1.82) is 0 Å². The summed E-state index contributed by atoms with van der Waals surface area (Å²) in [5, 5.41) is 2.64. The van der Waals surface area contributed by atoms with Gasteiger partial charge in [0, 0.05) is 26.3 Å². The maximum absolute atomic E-state index is 12.3. The topological polar surface area (TPSA) is 71.5 Å². The average molecular weight is 303 g/mol. The summed E-state index contributed by atoms with van der Waals surface area (Å²) in [7, 11) is 3.06. The number of anilines is 1. The van der Waals surface area contributed by atoms with E-state index in [4.69, 9.17) is 4.74 Å². The van der Waals surface area contributed by atoms with E-state index in [2.05, 4.69) is 15.2 Å². The van der Waals surface area contributed by atoms with Gasteiger partial charge < -0.3 is 15.0 Å². The molecular weight excluding hydrogens is 282 g/mol. The van der Waals surface area contributed by atoms with E-state index in [1.165, 1.54) is 7.11 Å². The predicted octanol–water partition coefficient (Wildman–Crippen LogP) is 1.22. The fourth-order valence-electron chi connectivity index (χ4n) is 3.95. The van der Waals surface area contributed by atoms with Gasteiger partial charge in [-0.1, -0.05) is 6.42 Å². The molecule has 1 amide bonds. The molecule has 118 valence electrons. The highest BCUT2D eigenvalue weighted by molar-refractivity contribution is 5.99. The molecule has 22 heavy (non-hydrogen) atoms. The second kappa shape index (κ2) is 5.59. The fourth-order valence-corrected chi connectivity index (χ4v) is 3.95. The zero-order valence-corrected chi connectivity index (χ0v) is 13.0. The van der Waals surface area contributed by atoms with Crippen molar-refractivity contribution in [2.24, 2.45) is 11.3 Å². The summed E-state index contributed by atoms with van der Waals surface area (Å²) in [4.78, 5) is 30.8. The number of esters is 1. The number of nitrogens with zero attached hydrogens (tertiary/aromatic N) is 2. The summed E-state index contributed by atoms with van der Waals surface area (Å²) in [5.74, 6) is 0.640. The van der Waals surface area contributed by atoms with Gasteiger partial charge in [0.05, 0.1) is 18.1 Å². The van der Waals surface area contributed by atoms with Crippen LogP contribution in [-0.4, -0.2) is 44.1 Å². The van der Waals surface area contributed by atoms with Crippen LogP contribution in [0.1, 0.15) is 29.6 Å². The van der Waals surface area contributed by atoms with E-state index in [-0.39, 0.29) is 17.8 Å². The molecule has 1 aromatic heterocycles. The molecule has 2 heterocycles. The van der Waals surface area contributed by atoms with Crippen LogP contribution in [0.5, 0.6) is 0 Å². The third kappa shape index (κ3) is 2.14. The lowest BCUT2D eigenvalue weighted by molar-refractivity contribution is -0.152. The van der Waals surface area contributed by atoms with Crippen LogP contribution in [0.2, 0.25) is 0 Å². The second-order valence-electron chi connectivity index (χ2n) is 6.07. The highest BCUT2D eigenvalue weighted by Gasteiger charge is 2.56. The van der Waals surface area contributed by atoms with Crippen molar-refractivity contribution < 1.29 is 14.3 Å². The van der Waals surface area contributed by atoms with E-state index in [1.807, 2.05) is 0 Å². The van der Waals surface area contributed by atoms with E-state index in [1.54, 1.807) is 25.4 Å². The minimum atomic E-state index is -0.438. The molecule has 1 aliphatic carbocycles. The van der Waals surface area contributed by atoms with Crippen LogP contribution < -0.4 is 10.2 Å². The van der Waals surface area contributed by atoms with Gasteiger partial charge in [0.1, 0.15) is 5.82 Å². The summed E-state index contributed by atoms with van der Waals surface area (Å²) in [6, 6.07) is 3.52. The lowest BCUT2D eigenvalue weighted by Crippen LogP contribution is -2.37. The van der Waals surface area contributed by atoms with E-state index < -0.39 is 5.41 Å². The number of carbonyl (C=O) groups is 2. The Morgan fingerprint density at radius 1 is 1.50 bits per heavy atom. The Kier molecular flexibility index (Phi) is 3.76. The van der Waals surface area contributed by atoms with Crippen molar-refractivity contribution in [3.05, 3.63) is 23.9 Å². The Morgan fingerprint density at radius 2 is 2.32 bits per heavy atom. The summed E-state index contributed by atoms with van der Waals surface area (Å²) in [6.45, 7) is 1.32. The first-order chi connectivity index (χ1) is 10.6. The molecule has 0 radical (unpaired) electrons. The lowest BCUT2D eigenvalue weighted by Gasteiger charge is -2.26. The summed E-state index contributed by atoms with van der Waals surface area (Å²) in [6.07, 6.45) is 4.61. The Hall–Kier alpha value is -2.11. The number of fused-ring (bicyclic) bond motifs is 1. The molecule has 2 atom stereocenters. The van der Waals surface area contributed by atoms with Gasteiger partial charge in [-0.05, 0) is 30.9 Å². The number of pyridine rings is 1. The minimum Gasteiger partial charge on any atom is -0.469 e. The van der Waals surface area contributed by atoms with Crippen LogP contribution in [0.3, 0.4) is 0 Å². The van der Waals surface area contributed by atoms with Crippen LogP contribution >= 0.6 is 0 Å². The molecule has 1 aliphatic heterocycles. The normalized spacial score (nSPS) is 26.6. The molecule has 6 nitrogen and oxygen atoms in total. The van der Waals surface area contributed by atoms with Crippen molar-refractivity contribution in [3.63, 3.8) is 0 Å². The summed E-state index contributed by atoms with van der Waals surface area (Å²) < 4.78 is 5.06. The largest absolute Gasteiger partial charge is 0.469 e. The second-order valence-corrected chi connectivity index (χ2v) is 6.07. The van der Waals surface area contributed by atoms with E-state index in [0.29, 0.717) is 17.9 Å². The number of hydrogen-bond donors (Lipinski definition) is 1. The number of rotatable bonds is 3. The van der Waals surface area contributed by atoms with Crippen molar-refractivity contribution in [3.8, 4) is 0 Å². The zero-order chi connectivity index (χ0) is 15.7. The van der Waals surface area contributed by atoms with Crippen LogP contribution in [0.4, 0.5) is 5.82 Å². The molecular formula is C16H21N3O3. The molecule has 1 N–H and O–H groups in total. The third-order valence-electron chi connectivity index (χ3n) is 5.02. The van der Waals surface area contributed by atoms with Crippen LogP contribution in [0, 0.1) is 11.3 Å². The van der Waals surface area contributed by atoms with Gasteiger partial charge in [-0.3, -0.25) is 9.59 Å². The molecule has 2 unspecified atom stereocenters. The van der Waals surface area contributed by atoms with Gasteiger partial charge in [0.2, 0.25) is 0 Å². The van der Waals surface area contributed by atoms with Crippen molar-refractivity contribution >= 4 is 17.7 Å². The van der Waals surface area contributed by atoms with E-state index in [0.717, 1.165) is 25.8 Å². The molecule has 1 aromatic rings. The molecule has 1 saturated heterocycles. The third-order valence-corrected chi connectivity index (χ3v) is 5.02. The number of aromatic nitrogens is 1. The van der Waals surface area contributed by atoms with Crippen molar-refractivity contribution in [2.45, 2.75) is 19.3 Å². The molecule has 0 bridgehead atoms. The Balaban J connectivity index is 1.93. The average Bonchev–Trinajstić information content (AvgIpc) is 3.11. The number of hydrogen-bond acceptors (Lipinski definition) is 5. The Bertz CT molecular complexity index is 604. The Morgan fingerprint density at radius 3 is 3.05 bits per heavy atom. The zero-order valence-electron chi connectivity index (χ0n) is 13.0. The van der Waals surface area contributed by atoms with Crippen LogP contribution in [0.25, 0.3) is 0 Å². The Labute approximate surface area is 129 Å². The number of ether oxygens (including phenoxy) is 1. The van der Waals surface area contributed by atoms with Crippen molar-refractivity contribution in [2.75, 3.05) is 32.1 Å². The van der Waals surface area contributed by atoms with Crippen LogP contribution in [-0.2, 0) is 9.53 Å². The minimum absolute atomic E-state index is 0.130. The number of carbonyl (C=O) groups excluding carboxylic acids is 2. The lowest BCUT2D eigenvalue weighted by atomic mass is 9.81. The molecule has 6 heteroatoms. The van der Waals surface area contributed by atoms with Crippen molar-refractivity contribution in [1.82, 2.24) is 10.3 Å². The summed E-state index contributed by atoms with van der Waals surface area (Å²) in [5.41, 5.74) is 0.108. The smallest absolute Gasteiger partial charge is 0.313 e. The molecule has 3 rings (SSSR count). The van der Waals surface area contributed by atoms with Gasteiger partial charge in [0.25, 0.3) is 5.91 Å². The monoisotopic (exact) mass is 303 g/mol. The molecule has 0 aromatic carbocycles. The SMILES string of the molecule is CNC(=O)c1cccnc1N1CC2CCCC2(C(=O)OC)C1. The number of amides is 1. The van der Waals surface area contributed by atoms with Gasteiger partial charge in [-0.25, -0.2) is 4.98 Å². The maximum Gasteiger partial charge on any atom is 0.313 e. The summed E-state index contributed by atoms with van der Waals surface area (Å²) >= 11 is 0. The van der Waals surface area contributed by atoms with Gasteiger partial charge in [-0.2, -0.15) is 0 Å². The van der Waals surface area contributed by atoms with Gasteiger partial charge in [-0.15, -0.1) is 0 Å². The molecule has 2 fully saturated rings. The van der Waals surface area contributed by atoms with Gasteiger partial charge in [0.15, 0.2) is 0 Å². The highest BCUT2D eigenvalue weighted by atomic mass is 16.5. The first-order valence-corrected chi connectivity index (χ1v) is 7.63. The molecule has 2 aliphatic rings. The fraction of sp³-hybridized carbons (Fsp3) is 0.562. The molecule has 0 spiro atoms. The first kappa shape index (κ1) is 14.8. The maximum atomic E-state index is 12.3. The van der Waals surface area contributed by atoms with E-state index >= 15 is 0 Å². The van der Waals surface area contributed by atoms with Gasteiger partial charge >= 0.3 is 5.97 Å².